The highest BCUT2D eigenvalue weighted by Crippen LogP contribution is 2.20. The normalized spacial score (nSPS) is 15.0. The van der Waals surface area contributed by atoms with Crippen molar-refractivity contribution < 1.29 is 0 Å². The Kier molecular flexibility index (Phi) is 2.58. The maximum atomic E-state index is 9.03. The Balaban J connectivity index is 1.82. The molecule has 0 aliphatic heterocycles. The van der Waals surface area contributed by atoms with Gasteiger partial charge in [0.25, 0.3) is 0 Å². The van der Waals surface area contributed by atoms with Crippen LogP contribution in [0.4, 0.5) is 0 Å². The van der Waals surface area contributed by atoms with Crippen LogP contribution in [0.15, 0.2) is 30.5 Å². The van der Waals surface area contributed by atoms with Crippen LogP contribution in [0.1, 0.15) is 18.4 Å². The van der Waals surface area contributed by atoms with Crippen LogP contribution in [0.25, 0.3) is 10.9 Å². The first-order chi connectivity index (χ1) is 8.38. The quantitative estimate of drug-likeness (QED) is 0.867. The summed E-state index contributed by atoms with van der Waals surface area (Å²) in [6, 6.07) is 10.9. The molecule has 0 bridgehead atoms. The van der Waals surface area contributed by atoms with Gasteiger partial charge in [-0.25, -0.2) is 0 Å². The molecule has 1 aromatic carbocycles. The van der Waals surface area contributed by atoms with Crippen LogP contribution in [0.3, 0.4) is 0 Å². The van der Waals surface area contributed by atoms with Gasteiger partial charge in [0.05, 0.1) is 11.6 Å². The summed E-state index contributed by atoms with van der Waals surface area (Å²) in [6.07, 6.45) is 4.72. The van der Waals surface area contributed by atoms with Gasteiger partial charge < -0.3 is 9.88 Å². The molecule has 3 nitrogen and oxygen atoms in total. The summed E-state index contributed by atoms with van der Waals surface area (Å²) in [5, 5.41) is 13.6. The third-order valence-corrected chi connectivity index (χ3v) is 3.30. The summed E-state index contributed by atoms with van der Waals surface area (Å²) < 4.78 is 2.21. The summed E-state index contributed by atoms with van der Waals surface area (Å²) in [4.78, 5) is 0. The fourth-order valence-electron chi connectivity index (χ4n) is 2.19. The van der Waals surface area contributed by atoms with E-state index in [1.165, 1.54) is 12.8 Å². The molecule has 1 fully saturated rings. The van der Waals surface area contributed by atoms with Crippen molar-refractivity contribution >= 4 is 10.9 Å². The molecule has 1 saturated carbocycles. The lowest BCUT2D eigenvalue weighted by atomic mass is 10.1. The molecule has 1 heterocycles. The number of nitrogens with one attached hydrogen (secondary N) is 1. The lowest BCUT2D eigenvalue weighted by Crippen LogP contribution is -2.21. The molecular formula is C14H15N3. The largest absolute Gasteiger partial charge is 0.346 e. The van der Waals surface area contributed by atoms with Crippen molar-refractivity contribution in [2.24, 2.45) is 0 Å². The van der Waals surface area contributed by atoms with Crippen molar-refractivity contribution in [2.45, 2.75) is 25.4 Å². The second kappa shape index (κ2) is 4.23. The fraction of sp³-hybridized carbons (Fsp3) is 0.357. The zero-order valence-electron chi connectivity index (χ0n) is 9.69. The SMILES string of the molecule is N#Cc1cccc2c1ccn2CCNC1CC1. The minimum absolute atomic E-state index is 0.756. The summed E-state index contributed by atoms with van der Waals surface area (Å²) in [7, 11) is 0. The Hall–Kier alpha value is -1.79. The zero-order chi connectivity index (χ0) is 11.7. The Morgan fingerprint density at radius 3 is 3.00 bits per heavy atom. The molecule has 3 heteroatoms. The minimum atomic E-state index is 0.756. The van der Waals surface area contributed by atoms with Crippen molar-refractivity contribution in [1.82, 2.24) is 9.88 Å². The number of fused-ring (bicyclic) bond motifs is 1. The fourth-order valence-corrected chi connectivity index (χ4v) is 2.19. The molecular weight excluding hydrogens is 210 g/mol. The Labute approximate surface area is 101 Å². The van der Waals surface area contributed by atoms with E-state index in [1.54, 1.807) is 0 Å². The van der Waals surface area contributed by atoms with E-state index in [9.17, 15) is 0 Å². The number of hydrogen-bond donors (Lipinski definition) is 1. The van der Waals surface area contributed by atoms with Crippen LogP contribution in [0, 0.1) is 11.3 Å². The average Bonchev–Trinajstić information content (AvgIpc) is 3.09. The summed E-state index contributed by atoms with van der Waals surface area (Å²) in [5.41, 5.74) is 1.91. The molecule has 0 unspecified atom stereocenters. The molecule has 17 heavy (non-hydrogen) atoms. The van der Waals surface area contributed by atoms with Crippen LogP contribution in [-0.2, 0) is 6.54 Å². The third kappa shape index (κ3) is 2.04. The van der Waals surface area contributed by atoms with Gasteiger partial charge in [0.2, 0.25) is 0 Å². The highest BCUT2D eigenvalue weighted by molar-refractivity contribution is 5.85. The second-order valence-corrected chi connectivity index (χ2v) is 4.59. The predicted octanol–water partition coefficient (Wildman–Crippen LogP) is 2.26. The smallest absolute Gasteiger partial charge is 0.0998 e. The van der Waals surface area contributed by atoms with E-state index >= 15 is 0 Å². The number of rotatable bonds is 4. The van der Waals surface area contributed by atoms with Gasteiger partial charge in [-0.1, -0.05) is 6.07 Å². The number of aromatic nitrogens is 1. The van der Waals surface area contributed by atoms with Gasteiger partial charge in [0.15, 0.2) is 0 Å². The maximum Gasteiger partial charge on any atom is 0.0998 e. The molecule has 0 saturated heterocycles. The molecule has 1 N–H and O–H groups in total. The van der Waals surface area contributed by atoms with E-state index in [1.807, 2.05) is 18.2 Å². The Bertz CT molecular complexity index is 573. The Morgan fingerprint density at radius 1 is 1.35 bits per heavy atom. The first-order valence-corrected chi connectivity index (χ1v) is 6.10. The first kappa shape index (κ1) is 10.4. The van der Waals surface area contributed by atoms with Crippen LogP contribution in [0.5, 0.6) is 0 Å². The standard InChI is InChI=1S/C14H15N3/c15-10-11-2-1-3-14-13(11)6-8-17(14)9-7-16-12-4-5-12/h1-3,6,8,12,16H,4-5,7,9H2. The molecule has 3 rings (SSSR count). The van der Waals surface area contributed by atoms with Gasteiger partial charge in [0.1, 0.15) is 0 Å². The molecule has 0 atom stereocenters. The van der Waals surface area contributed by atoms with E-state index in [0.29, 0.717) is 0 Å². The van der Waals surface area contributed by atoms with Crippen molar-refractivity contribution in [3.8, 4) is 6.07 Å². The van der Waals surface area contributed by atoms with Gasteiger partial charge in [-0.2, -0.15) is 5.26 Å². The van der Waals surface area contributed by atoms with Crippen molar-refractivity contribution in [3.63, 3.8) is 0 Å². The molecule has 0 spiro atoms. The summed E-state index contributed by atoms with van der Waals surface area (Å²) >= 11 is 0. The van der Waals surface area contributed by atoms with Crippen molar-refractivity contribution in [3.05, 3.63) is 36.0 Å². The third-order valence-electron chi connectivity index (χ3n) is 3.30. The molecule has 2 aromatic rings. The maximum absolute atomic E-state index is 9.03. The number of benzene rings is 1. The van der Waals surface area contributed by atoms with Gasteiger partial charge in [-0.05, 0) is 31.0 Å². The van der Waals surface area contributed by atoms with Gasteiger partial charge in [0, 0.05) is 36.2 Å². The lowest BCUT2D eigenvalue weighted by molar-refractivity contribution is 0.606. The highest BCUT2D eigenvalue weighted by Gasteiger charge is 2.19. The zero-order valence-corrected chi connectivity index (χ0v) is 9.69. The van der Waals surface area contributed by atoms with Crippen molar-refractivity contribution in [2.75, 3.05) is 6.54 Å². The first-order valence-electron chi connectivity index (χ1n) is 6.10. The van der Waals surface area contributed by atoms with Crippen LogP contribution >= 0.6 is 0 Å². The monoisotopic (exact) mass is 225 g/mol. The minimum Gasteiger partial charge on any atom is -0.346 e. The van der Waals surface area contributed by atoms with Gasteiger partial charge in [-0.15, -0.1) is 0 Å². The molecule has 1 aliphatic rings. The summed E-state index contributed by atoms with van der Waals surface area (Å²) in [5.74, 6) is 0. The van der Waals surface area contributed by atoms with Crippen LogP contribution < -0.4 is 5.32 Å². The number of nitrogens with zero attached hydrogens (tertiary/aromatic N) is 2. The molecule has 86 valence electrons. The molecule has 1 aliphatic carbocycles. The van der Waals surface area contributed by atoms with Crippen LogP contribution in [-0.4, -0.2) is 17.2 Å². The van der Waals surface area contributed by atoms with E-state index in [-0.39, 0.29) is 0 Å². The van der Waals surface area contributed by atoms with Gasteiger partial charge in [-0.3, -0.25) is 0 Å². The van der Waals surface area contributed by atoms with Crippen LogP contribution in [0.2, 0.25) is 0 Å². The summed E-state index contributed by atoms with van der Waals surface area (Å²) in [6.45, 7) is 1.97. The van der Waals surface area contributed by atoms with E-state index in [0.717, 1.165) is 35.6 Å². The Morgan fingerprint density at radius 2 is 2.24 bits per heavy atom. The van der Waals surface area contributed by atoms with E-state index in [2.05, 4.69) is 28.2 Å². The molecule has 1 aromatic heterocycles. The average molecular weight is 225 g/mol. The van der Waals surface area contributed by atoms with Gasteiger partial charge >= 0.3 is 0 Å². The molecule has 0 radical (unpaired) electrons. The number of nitriles is 1. The number of hydrogen-bond acceptors (Lipinski definition) is 2. The lowest BCUT2D eigenvalue weighted by Gasteiger charge is -2.06. The highest BCUT2D eigenvalue weighted by atomic mass is 15.0. The van der Waals surface area contributed by atoms with E-state index in [4.69, 9.17) is 5.26 Å². The van der Waals surface area contributed by atoms with Crippen molar-refractivity contribution in [1.29, 1.82) is 5.26 Å². The van der Waals surface area contributed by atoms with E-state index < -0.39 is 0 Å². The molecule has 0 amide bonds. The topological polar surface area (TPSA) is 40.8 Å². The second-order valence-electron chi connectivity index (χ2n) is 4.59. The predicted molar refractivity (Wildman–Crippen MR) is 67.7 cm³/mol.